The molecule has 0 aliphatic carbocycles. The first kappa shape index (κ1) is 19.2. The summed E-state index contributed by atoms with van der Waals surface area (Å²) in [4.78, 5) is 32.4. The molecule has 8 heteroatoms. The van der Waals surface area contributed by atoms with E-state index >= 15 is 0 Å². The number of nitrogens with zero attached hydrogens (tertiary/aromatic N) is 5. The largest absolute Gasteiger partial charge is 0.382 e. The summed E-state index contributed by atoms with van der Waals surface area (Å²) in [5.74, 6) is -0.405. The number of imide groups is 1. The second kappa shape index (κ2) is 7.46. The SMILES string of the molecule is CC(CCCN1C(=O)c2ccccc2C1=O)Nc1ccnc2ccc3nn(C)nc3c12. The summed E-state index contributed by atoms with van der Waals surface area (Å²) in [7, 11) is 1.80. The highest BCUT2D eigenvalue weighted by Gasteiger charge is 2.34. The minimum absolute atomic E-state index is 0.132. The van der Waals surface area contributed by atoms with Crippen molar-refractivity contribution >= 4 is 39.4 Å². The Morgan fingerprint density at radius 3 is 2.42 bits per heavy atom. The van der Waals surface area contributed by atoms with Crippen LogP contribution in [0.5, 0.6) is 0 Å². The van der Waals surface area contributed by atoms with Crippen LogP contribution in [0.25, 0.3) is 21.9 Å². The van der Waals surface area contributed by atoms with E-state index in [9.17, 15) is 9.59 Å². The summed E-state index contributed by atoms with van der Waals surface area (Å²) in [5, 5.41) is 13.4. The standard InChI is InChI=1S/C23H22N6O2/c1-14(6-5-13-29-22(30)15-7-3-4-8-16(15)23(29)31)25-18-11-12-24-17-9-10-19-21(20(17)18)27-28(2)26-19/h3-4,7-12,14H,5-6,13H2,1-2H3,(H,24,25). The molecule has 4 aromatic rings. The third kappa shape index (κ3) is 3.30. The summed E-state index contributed by atoms with van der Waals surface area (Å²) in [6, 6.07) is 12.9. The molecule has 1 aliphatic heterocycles. The van der Waals surface area contributed by atoms with E-state index in [2.05, 4.69) is 27.4 Å². The van der Waals surface area contributed by atoms with Crippen LogP contribution in [0.1, 0.15) is 40.5 Å². The molecule has 0 bridgehead atoms. The number of carbonyl (C=O) groups is 2. The predicted octanol–water partition coefficient (Wildman–Crippen LogP) is 3.39. The Bertz CT molecular complexity index is 1290. The van der Waals surface area contributed by atoms with Gasteiger partial charge in [-0.05, 0) is 50.1 Å². The molecule has 8 nitrogen and oxygen atoms in total. The van der Waals surface area contributed by atoms with Crippen molar-refractivity contribution in [3.63, 3.8) is 0 Å². The molecule has 3 heterocycles. The lowest BCUT2D eigenvalue weighted by molar-refractivity contribution is 0.0651. The average Bonchev–Trinajstić information content (AvgIpc) is 3.26. The van der Waals surface area contributed by atoms with Crippen molar-refractivity contribution in [3.8, 4) is 0 Å². The zero-order valence-electron chi connectivity index (χ0n) is 17.4. The molecular weight excluding hydrogens is 392 g/mol. The molecule has 1 N–H and O–H groups in total. The number of aromatic nitrogens is 4. The number of hydrogen-bond donors (Lipinski definition) is 1. The highest BCUT2D eigenvalue weighted by Crippen LogP contribution is 2.29. The minimum atomic E-state index is -0.202. The summed E-state index contributed by atoms with van der Waals surface area (Å²) >= 11 is 0. The second-order valence-corrected chi connectivity index (χ2v) is 7.87. The number of anilines is 1. The van der Waals surface area contributed by atoms with E-state index in [-0.39, 0.29) is 17.9 Å². The Morgan fingerprint density at radius 2 is 1.68 bits per heavy atom. The van der Waals surface area contributed by atoms with Crippen molar-refractivity contribution in [3.05, 3.63) is 59.8 Å². The van der Waals surface area contributed by atoms with Gasteiger partial charge in [-0.25, -0.2) is 0 Å². The second-order valence-electron chi connectivity index (χ2n) is 7.87. The third-order valence-corrected chi connectivity index (χ3v) is 5.65. The van der Waals surface area contributed by atoms with Crippen LogP contribution in [-0.2, 0) is 7.05 Å². The van der Waals surface area contributed by atoms with Crippen molar-refractivity contribution in [2.24, 2.45) is 7.05 Å². The number of pyridine rings is 1. The molecule has 2 aromatic carbocycles. The fourth-order valence-corrected chi connectivity index (χ4v) is 4.18. The minimum Gasteiger partial charge on any atom is -0.382 e. The fourth-order valence-electron chi connectivity index (χ4n) is 4.18. The van der Waals surface area contributed by atoms with Gasteiger partial charge in [-0.2, -0.15) is 15.0 Å². The van der Waals surface area contributed by atoms with E-state index < -0.39 is 0 Å². The lowest BCUT2D eigenvalue weighted by atomic mass is 10.1. The molecule has 1 atom stereocenters. The van der Waals surface area contributed by atoms with Gasteiger partial charge in [-0.1, -0.05) is 12.1 Å². The Hall–Kier alpha value is -3.81. The molecule has 1 aliphatic rings. The highest BCUT2D eigenvalue weighted by molar-refractivity contribution is 6.21. The van der Waals surface area contributed by atoms with Gasteiger partial charge in [0, 0.05) is 31.5 Å². The van der Waals surface area contributed by atoms with E-state index in [1.807, 2.05) is 18.2 Å². The third-order valence-electron chi connectivity index (χ3n) is 5.65. The molecule has 0 saturated heterocycles. The molecule has 2 aromatic heterocycles. The van der Waals surface area contributed by atoms with E-state index in [0.29, 0.717) is 24.1 Å². The molecule has 0 radical (unpaired) electrons. The lowest BCUT2D eigenvalue weighted by Crippen LogP contribution is -2.31. The summed E-state index contributed by atoms with van der Waals surface area (Å²) in [6.07, 6.45) is 3.29. The molecule has 0 spiro atoms. The number of hydrogen-bond acceptors (Lipinski definition) is 6. The Balaban J connectivity index is 1.28. The zero-order valence-corrected chi connectivity index (χ0v) is 17.4. The Labute approximate surface area is 178 Å². The monoisotopic (exact) mass is 414 g/mol. The average molecular weight is 414 g/mol. The smallest absolute Gasteiger partial charge is 0.261 e. The van der Waals surface area contributed by atoms with Crippen LogP contribution in [0.3, 0.4) is 0 Å². The van der Waals surface area contributed by atoms with Gasteiger partial charge in [-0.15, -0.1) is 0 Å². The van der Waals surface area contributed by atoms with Crippen molar-refractivity contribution in [2.45, 2.75) is 25.8 Å². The number of rotatable bonds is 6. The van der Waals surface area contributed by atoms with E-state index in [1.54, 1.807) is 42.3 Å². The molecule has 156 valence electrons. The maximum absolute atomic E-state index is 12.5. The maximum Gasteiger partial charge on any atom is 0.261 e. The summed E-state index contributed by atoms with van der Waals surface area (Å²) in [6.45, 7) is 2.50. The lowest BCUT2D eigenvalue weighted by Gasteiger charge is -2.19. The van der Waals surface area contributed by atoms with E-state index in [1.165, 1.54) is 4.90 Å². The number of nitrogens with one attached hydrogen (secondary N) is 1. The molecule has 2 amide bonds. The highest BCUT2D eigenvalue weighted by atomic mass is 16.2. The van der Waals surface area contributed by atoms with Crippen molar-refractivity contribution in [1.29, 1.82) is 0 Å². The van der Waals surface area contributed by atoms with Gasteiger partial charge >= 0.3 is 0 Å². The van der Waals surface area contributed by atoms with Gasteiger partial charge in [0.25, 0.3) is 11.8 Å². The van der Waals surface area contributed by atoms with Crippen LogP contribution < -0.4 is 5.32 Å². The van der Waals surface area contributed by atoms with Crippen LogP contribution in [0.2, 0.25) is 0 Å². The van der Waals surface area contributed by atoms with Crippen molar-refractivity contribution in [2.75, 3.05) is 11.9 Å². The summed E-state index contributed by atoms with van der Waals surface area (Å²) < 4.78 is 0. The first-order chi connectivity index (χ1) is 15.0. The topological polar surface area (TPSA) is 93.0 Å². The van der Waals surface area contributed by atoms with Crippen molar-refractivity contribution in [1.82, 2.24) is 24.9 Å². The Morgan fingerprint density at radius 1 is 0.968 bits per heavy atom. The van der Waals surface area contributed by atoms with Crippen LogP contribution in [-0.4, -0.2) is 49.3 Å². The zero-order chi connectivity index (χ0) is 21.5. The van der Waals surface area contributed by atoms with Gasteiger partial charge in [0.15, 0.2) is 0 Å². The van der Waals surface area contributed by atoms with Crippen LogP contribution in [0.15, 0.2) is 48.7 Å². The number of aryl methyl sites for hydroxylation is 1. The number of fused-ring (bicyclic) bond motifs is 4. The van der Waals surface area contributed by atoms with Crippen LogP contribution >= 0.6 is 0 Å². The Kier molecular flexibility index (Phi) is 4.62. The molecule has 1 unspecified atom stereocenters. The predicted molar refractivity (Wildman–Crippen MR) is 118 cm³/mol. The first-order valence-corrected chi connectivity index (χ1v) is 10.3. The number of carbonyl (C=O) groups excluding carboxylic acids is 2. The van der Waals surface area contributed by atoms with Gasteiger partial charge < -0.3 is 5.32 Å². The van der Waals surface area contributed by atoms with Gasteiger partial charge in [0.1, 0.15) is 11.0 Å². The van der Waals surface area contributed by atoms with E-state index in [0.717, 1.165) is 34.0 Å². The molecule has 31 heavy (non-hydrogen) atoms. The van der Waals surface area contributed by atoms with Crippen molar-refractivity contribution < 1.29 is 9.59 Å². The number of amides is 2. The fraction of sp³-hybridized carbons (Fsp3) is 0.261. The first-order valence-electron chi connectivity index (χ1n) is 10.3. The summed E-state index contributed by atoms with van der Waals surface area (Å²) in [5.41, 5.74) is 4.43. The van der Waals surface area contributed by atoms with Gasteiger partial charge in [-0.3, -0.25) is 19.5 Å². The molecular formula is C23H22N6O2. The molecule has 0 saturated carbocycles. The van der Waals surface area contributed by atoms with Gasteiger partial charge in [0.2, 0.25) is 0 Å². The normalized spacial score (nSPS) is 14.5. The molecule has 5 rings (SSSR count). The number of benzene rings is 2. The van der Waals surface area contributed by atoms with Gasteiger partial charge in [0.05, 0.1) is 22.0 Å². The quantitative estimate of drug-likeness (QED) is 0.486. The van der Waals surface area contributed by atoms with E-state index in [4.69, 9.17) is 0 Å². The maximum atomic E-state index is 12.5. The van der Waals surface area contributed by atoms with Crippen LogP contribution in [0, 0.1) is 0 Å². The van der Waals surface area contributed by atoms with Crippen LogP contribution in [0.4, 0.5) is 5.69 Å². The molecule has 0 fully saturated rings.